The SMILES string of the molecule is CC(C)(C)NC(=O)CCNS(=O)(=O)c1ccc(Br)cc1Cl. The normalized spacial score (nSPS) is 12.2. The van der Waals surface area contributed by atoms with Crippen molar-refractivity contribution in [1.29, 1.82) is 0 Å². The number of carbonyl (C=O) groups excluding carboxylic acids is 1. The molecule has 0 heterocycles. The fourth-order valence-corrected chi connectivity index (χ4v) is 3.62. The Morgan fingerprint density at radius 3 is 2.48 bits per heavy atom. The average molecular weight is 398 g/mol. The molecule has 1 aromatic rings. The Hall–Kier alpha value is -0.630. The Kier molecular flexibility index (Phi) is 6.22. The van der Waals surface area contributed by atoms with Crippen molar-refractivity contribution in [2.24, 2.45) is 0 Å². The molecule has 1 rings (SSSR count). The fraction of sp³-hybridized carbons (Fsp3) is 0.462. The van der Waals surface area contributed by atoms with Gasteiger partial charge in [0.2, 0.25) is 15.9 Å². The number of sulfonamides is 1. The molecule has 0 radical (unpaired) electrons. The Balaban J connectivity index is 2.64. The van der Waals surface area contributed by atoms with Crippen LogP contribution in [0, 0.1) is 0 Å². The largest absolute Gasteiger partial charge is 0.351 e. The molecular formula is C13H18BrClN2O3S. The van der Waals surface area contributed by atoms with Crippen LogP contribution in [0.3, 0.4) is 0 Å². The molecule has 5 nitrogen and oxygen atoms in total. The first-order valence-electron chi connectivity index (χ1n) is 6.27. The first-order chi connectivity index (χ1) is 9.51. The summed E-state index contributed by atoms with van der Waals surface area (Å²) in [6.45, 7) is 5.58. The molecule has 1 amide bonds. The predicted molar refractivity (Wildman–Crippen MR) is 86.9 cm³/mol. The Labute approximate surface area is 138 Å². The van der Waals surface area contributed by atoms with E-state index in [1.54, 1.807) is 6.07 Å². The summed E-state index contributed by atoms with van der Waals surface area (Å²) in [5.74, 6) is -0.216. The maximum atomic E-state index is 12.1. The Morgan fingerprint density at radius 2 is 1.95 bits per heavy atom. The molecule has 0 unspecified atom stereocenters. The lowest BCUT2D eigenvalue weighted by molar-refractivity contribution is -0.122. The van der Waals surface area contributed by atoms with Gasteiger partial charge >= 0.3 is 0 Å². The number of carbonyl (C=O) groups is 1. The molecule has 0 bridgehead atoms. The number of rotatable bonds is 5. The molecule has 0 aliphatic rings. The molecule has 8 heteroatoms. The van der Waals surface area contributed by atoms with Crippen LogP contribution in [0.5, 0.6) is 0 Å². The zero-order valence-corrected chi connectivity index (χ0v) is 15.2. The number of halogens is 2. The van der Waals surface area contributed by atoms with Gasteiger partial charge in [-0.3, -0.25) is 4.79 Å². The van der Waals surface area contributed by atoms with Crippen LogP contribution in [0.2, 0.25) is 5.02 Å². The van der Waals surface area contributed by atoms with Gasteiger partial charge in [-0.15, -0.1) is 0 Å². The first-order valence-corrected chi connectivity index (χ1v) is 8.92. The van der Waals surface area contributed by atoms with Crippen LogP contribution in [0.1, 0.15) is 27.2 Å². The van der Waals surface area contributed by atoms with Crippen LogP contribution in [0.25, 0.3) is 0 Å². The second-order valence-corrected chi connectivity index (χ2v) is 8.58. The van der Waals surface area contributed by atoms with Gasteiger partial charge in [0.25, 0.3) is 0 Å². The summed E-state index contributed by atoms with van der Waals surface area (Å²) in [6.07, 6.45) is 0.0602. The van der Waals surface area contributed by atoms with Crippen molar-refractivity contribution >= 4 is 43.5 Å². The second kappa shape index (κ2) is 7.09. The molecule has 0 spiro atoms. The minimum atomic E-state index is -3.73. The summed E-state index contributed by atoms with van der Waals surface area (Å²) in [6, 6.07) is 4.50. The smallest absolute Gasteiger partial charge is 0.242 e. The molecule has 1 aromatic carbocycles. The van der Waals surface area contributed by atoms with Crippen LogP contribution in [-0.2, 0) is 14.8 Å². The molecule has 2 N–H and O–H groups in total. The van der Waals surface area contributed by atoms with Gasteiger partial charge in [0, 0.05) is 23.0 Å². The van der Waals surface area contributed by atoms with E-state index in [-0.39, 0.29) is 34.3 Å². The highest BCUT2D eigenvalue weighted by molar-refractivity contribution is 9.10. The highest BCUT2D eigenvalue weighted by atomic mass is 79.9. The van der Waals surface area contributed by atoms with Gasteiger partial charge in [0.05, 0.1) is 5.02 Å². The molecule has 118 valence electrons. The van der Waals surface area contributed by atoms with E-state index >= 15 is 0 Å². The van der Waals surface area contributed by atoms with Crippen molar-refractivity contribution in [2.45, 2.75) is 37.6 Å². The maximum absolute atomic E-state index is 12.1. The number of amides is 1. The molecule has 0 aromatic heterocycles. The molecule has 0 aliphatic carbocycles. The molecule has 0 aliphatic heterocycles. The highest BCUT2D eigenvalue weighted by Gasteiger charge is 2.19. The van der Waals surface area contributed by atoms with Gasteiger partial charge in [-0.25, -0.2) is 13.1 Å². The summed E-state index contributed by atoms with van der Waals surface area (Å²) < 4.78 is 27.2. The van der Waals surface area contributed by atoms with E-state index in [2.05, 4.69) is 26.0 Å². The van der Waals surface area contributed by atoms with Crippen molar-refractivity contribution in [3.63, 3.8) is 0 Å². The predicted octanol–water partition coefficient (Wildman–Crippen LogP) is 2.69. The van der Waals surface area contributed by atoms with Crippen molar-refractivity contribution < 1.29 is 13.2 Å². The summed E-state index contributed by atoms with van der Waals surface area (Å²) >= 11 is 9.12. The van der Waals surface area contributed by atoms with E-state index in [9.17, 15) is 13.2 Å². The van der Waals surface area contributed by atoms with Gasteiger partial charge in [0.15, 0.2) is 0 Å². The van der Waals surface area contributed by atoms with Gasteiger partial charge < -0.3 is 5.32 Å². The maximum Gasteiger partial charge on any atom is 0.242 e. The van der Waals surface area contributed by atoms with Crippen LogP contribution >= 0.6 is 27.5 Å². The molecule has 0 atom stereocenters. The minimum absolute atomic E-state index is 0.0106. The second-order valence-electron chi connectivity index (χ2n) is 5.52. The number of hydrogen-bond donors (Lipinski definition) is 2. The van der Waals surface area contributed by atoms with E-state index < -0.39 is 10.0 Å². The van der Waals surface area contributed by atoms with E-state index in [4.69, 9.17) is 11.6 Å². The van der Waals surface area contributed by atoms with E-state index in [0.717, 1.165) is 0 Å². The van der Waals surface area contributed by atoms with E-state index in [1.807, 2.05) is 20.8 Å². The highest BCUT2D eigenvalue weighted by Crippen LogP contribution is 2.24. The zero-order valence-electron chi connectivity index (χ0n) is 12.0. The molecule has 21 heavy (non-hydrogen) atoms. The van der Waals surface area contributed by atoms with Crippen LogP contribution in [0.4, 0.5) is 0 Å². The summed E-state index contributed by atoms with van der Waals surface area (Å²) in [4.78, 5) is 11.6. The van der Waals surface area contributed by atoms with Crippen LogP contribution in [0.15, 0.2) is 27.6 Å². The lowest BCUT2D eigenvalue weighted by Gasteiger charge is -2.20. The molecule has 0 saturated carbocycles. The third kappa shape index (κ3) is 6.34. The average Bonchev–Trinajstić information content (AvgIpc) is 2.25. The van der Waals surface area contributed by atoms with E-state index in [1.165, 1.54) is 12.1 Å². The quantitative estimate of drug-likeness (QED) is 0.802. The first kappa shape index (κ1) is 18.4. The van der Waals surface area contributed by atoms with E-state index in [0.29, 0.717) is 4.47 Å². The summed E-state index contributed by atoms with van der Waals surface area (Å²) in [5.41, 5.74) is -0.342. The number of hydrogen-bond acceptors (Lipinski definition) is 3. The van der Waals surface area contributed by atoms with Crippen LogP contribution < -0.4 is 10.0 Å². The van der Waals surface area contributed by atoms with Crippen molar-refractivity contribution in [1.82, 2.24) is 10.0 Å². The van der Waals surface area contributed by atoms with Crippen molar-refractivity contribution in [3.05, 3.63) is 27.7 Å². The third-order valence-corrected chi connectivity index (χ3v) is 4.78. The number of nitrogens with one attached hydrogen (secondary N) is 2. The van der Waals surface area contributed by atoms with Gasteiger partial charge in [0.1, 0.15) is 4.90 Å². The van der Waals surface area contributed by atoms with Crippen LogP contribution in [-0.4, -0.2) is 26.4 Å². The lowest BCUT2D eigenvalue weighted by atomic mass is 10.1. The van der Waals surface area contributed by atoms with Gasteiger partial charge in [-0.05, 0) is 39.0 Å². The van der Waals surface area contributed by atoms with Crippen molar-refractivity contribution in [3.8, 4) is 0 Å². The third-order valence-electron chi connectivity index (χ3n) is 2.34. The van der Waals surface area contributed by atoms with Gasteiger partial charge in [-0.1, -0.05) is 27.5 Å². The Bertz CT molecular complexity index is 627. The number of benzene rings is 1. The standard InChI is InChI=1S/C13H18BrClN2O3S/c1-13(2,3)17-12(18)6-7-16-21(19,20)11-5-4-9(14)8-10(11)15/h4-5,8,16H,6-7H2,1-3H3,(H,17,18). The topological polar surface area (TPSA) is 75.3 Å². The summed E-state index contributed by atoms with van der Waals surface area (Å²) in [5, 5.41) is 2.88. The fourth-order valence-electron chi connectivity index (χ4n) is 1.55. The molecule has 0 saturated heterocycles. The van der Waals surface area contributed by atoms with Gasteiger partial charge in [-0.2, -0.15) is 0 Å². The monoisotopic (exact) mass is 396 g/mol. The lowest BCUT2D eigenvalue weighted by Crippen LogP contribution is -2.41. The molecular weight excluding hydrogens is 380 g/mol. The molecule has 0 fully saturated rings. The zero-order chi connectivity index (χ0) is 16.3. The Morgan fingerprint density at radius 1 is 1.33 bits per heavy atom. The summed E-state index contributed by atoms with van der Waals surface area (Å²) in [7, 11) is -3.73. The minimum Gasteiger partial charge on any atom is -0.351 e. The van der Waals surface area contributed by atoms with Crippen molar-refractivity contribution in [2.75, 3.05) is 6.54 Å².